The average Bonchev–Trinajstić information content (AvgIpc) is 2.82. The van der Waals surface area contributed by atoms with E-state index in [0.717, 1.165) is 12.0 Å². The van der Waals surface area contributed by atoms with Gasteiger partial charge in [-0.15, -0.1) is 0 Å². The van der Waals surface area contributed by atoms with Gasteiger partial charge in [-0.05, 0) is 33.1 Å². The maximum atomic E-state index is 12.1. The topological polar surface area (TPSA) is 52.6 Å². The van der Waals surface area contributed by atoms with Crippen LogP contribution in [0, 0.1) is 5.41 Å². The van der Waals surface area contributed by atoms with Crippen molar-refractivity contribution in [2.24, 2.45) is 5.41 Å². The summed E-state index contributed by atoms with van der Waals surface area (Å²) in [4.78, 5) is 24.2. The van der Waals surface area contributed by atoms with Crippen LogP contribution in [0.4, 0.5) is 0 Å². The van der Waals surface area contributed by atoms with Crippen molar-refractivity contribution in [2.75, 3.05) is 13.2 Å². The molecule has 0 aromatic rings. The van der Waals surface area contributed by atoms with E-state index in [0.29, 0.717) is 12.8 Å². The Morgan fingerprint density at radius 3 is 2.26 bits per heavy atom. The molecule has 1 aliphatic rings. The molecule has 0 fully saturated rings. The highest BCUT2D eigenvalue weighted by molar-refractivity contribution is 6.01. The van der Waals surface area contributed by atoms with Crippen LogP contribution in [-0.4, -0.2) is 25.2 Å². The fourth-order valence-corrected chi connectivity index (χ4v) is 2.13. The lowest BCUT2D eigenvalue weighted by atomic mass is 9.84. The first-order chi connectivity index (χ1) is 9.10. The van der Waals surface area contributed by atoms with Crippen LogP contribution in [0.25, 0.3) is 0 Å². The van der Waals surface area contributed by atoms with Gasteiger partial charge in [-0.2, -0.15) is 0 Å². The van der Waals surface area contributed by atoms with Gasteiger partial charge in [-0.1, -0.05) is 30.7 Å². The number of ether oxygens (including phenoxy) is 2. The summed E-state index contributed by atoms with van der Waals surface area (Å²) >= 11 is 0. The number of hydrogen-bond donors (Lipinski definition) is 0. The molecule has 0 saturated carbocycles. The van der Waals surface area contributed by atoms with Crippen LogP contribution in [0.2, 0.25) is 0 Å². The summed E-state index contributed by atoms with van der Waals surface area (Å²) in [6, 6.07) is 0. The molecule has 0 amide bonds. The van der Waals surface area contributed by atoms with E-state index in [2.05, 4.69) is 0 Å². The fourth-order valence-electron chi connectivity index (χ4n) is 2.13. The van der Waals surface area contributed by atoms with Gasteiger partial charge in [0.05, 0.1) is 13.2 Å². The van der Waals surface area contributed by atoms with Crippen molar-refractivity contribution in [3.05, 3.63) is 23.8 Å². The fraction of sp³-hybridized carbons (Fsp3) is 0.600. The van der Waals surface area contributed by atoms with Crippen molar-refractivity contribution in [3.63, 3.8) is 0 Å². The number of carbonyl (C=O) groups is 2. The third-order valence-corrected chi connectivity index (χ3v) is 3.12. The number of hydrogen-bond acceptors (Lipinski definition) is 4. The Hall–Kier alpha value is -1.58. The van der Waals surface area contributed by atoms with Crippen molar-refractivity contribution in [1.29, 1.82) is 0 Å². The monoisotopic (exact) mass is 266 g/mol. The second-order valence-electron chi connectivity index (χ2n) is 4.49. The first-order valence-electron chi connectivity index (χ1n) is 6.80. The summed E-state index contributed by atoms with van der Waals surface area (Å²) < 4.78 is 10.1. The van der Waals surface area contributed by atoms with Gasteiger partial charge in [0.1, 0.15) is 0 Å². The van der Waals surface area contributed by atoms with E-state index in [1.54, 1.807) is 13.8 Å². The van der Waals surface area contributed by atoms with Gasteiger partial charge in [0.2, 0.25) is 0 Å². The van der Waals surface area contributed by atoms with Gasteiger partial charge < -0.3 is 9.47 Å². The summed E-state index contributed by atoms with van der Waals surface area (Å²) in [7, 11) is 0. The number of esters is 2. The summed E-state index contributed by atoms with van der Waals surface area (Å²) in [5, 5.41) is 0. The molecule has 0 aromatic heterocycles. The SMILES string of the molecule is CC/C=C/C1=CCC(C(=O)OCC)(C(=O)OCC)C1. The minimum absolute atomic E-state index is 0.264. The predicted molar refractivity (Wildman–Crippen MR) is 72.4 cm³/mol. The average molecular weight is 266 g/mol. The highest BCUT2D eigenvalue weighted by atomic mass is 16.6. The standard InChI is InChI=1S/C15H22O4/c1-4-7-8-12-9-10-15(11-12,13(16)18-5-2)14(17)19-6-3/h7-9H,4-6,10-11H2,1-3H3/b8-7+. The van der Waals surface area contributed by atoms with Gasteiger partial charge in [-0.25, -0.2) is 0 Å². The van der Waals surface area contributed by atoms with Crippen LogP contribution in [0.3, 0.4) is 0 Å². The van der Waals surface area contributed by atoms with Crippen molar-refractivity contribution in [1.82, 2.24) is 0 Å². The Morgan fingerprint density at radius 1 is 1.21 bits per heavy atom. The Balaban J connectivity index is 2.89. The molecule has 0 heterocycles. The molecular weight excluding hydrogens is 244 g/mol. The van der Waals surface area contributed by atoms with E-state index in [1.165, 1.54) is 0 Å². The molecule has 4 nitrogen and oxygen atoms in total. The molecule has 0 aromatic carbocycles. The molecule has 0 radical (unpaired) electrons. The lowest BCUT2D eigenvalue weighted by Crippen LogP contribution is -2.40. The number of rotatable bonds is 6. The van der Waals surface area contributed by atoms with Gasteiger partial charge in [0, 0.05) is 0 Å². The molecule has 106 valence electrons. The van der Waals surface area contributed by atoms with Crippen LogP contribution in [-0.2, 0) is 19.1 Å². The van der Waals surface area contributed by atoms with E-state index in [1.807, 2.05) is 25.2 Å². The minimum atomic E-state index is -1.18. The maximum Gasteiger partial charge on any atom is 0.324 e. The smallest absolute Gasteiger partial charge is 0.324 e. The largest absolute Gasteiger partial charge is 0.465 e. The Bertz CT molecular complexity index is 375. The van der Waals surface area contributed by atoms with Crippen molar-refractivity contribution < 1.29 is 19.1 Å². The Labute approximate surface area is 114 Å². The third-order valence-electron chi connectivity index (χ3n) is 3.12. The molecule has 1 rings (SSSR count). The molecule has 0 N–H and O–H groups in total. The Kier molecular flexibility index (Phi) is 5.80. The number of carbonyl (C=O) groups excluding carboxylic acids is 2. The second kappa shape index (κ2) is 7.12. The first kappa shape index (κ1) is 15.5. The van der Waals surface area contributed by atoms with Crippen LogP contribution in [0.5, 0.6) is 0 Å². The van der Waals surface area contributed by atoms with Crippen LogP contribution in [0.1, 0.15) is 40.0 Å². The van der Waals surface area contributed by atoms with Crippen molar-refractivity contribution in [3.8, 4) is 0 Å². The summed E-state index contributed by atoms with van der Waals surface area (Å²) in [6.45, 7) is 6.03. The van der Waals surface area contributed by atoms with Crippen LogP contribution >= 0.6 is 0 Å². The molecule has 0 saturated heterocycles. The van der Waals surface area contributed by atoms with Crippen LogP contribution in [0.15, 0.2) is 23.8 Å². The van der Waals surface area contributed by atoms with Crippen molar-refractivity contribution in [2.45, 2.75) is 40.0 Å². The number of allylic oxidation sites excluding steroid dienone is 4. The lowest BCUT2D eigenvalue weighted by Gasteiger charge is -2.24. The second-order valence-corrected chi connectivity index (χ2v) is 4.49. The van der Waals surface area contributed by atoms with Gasteiger partial charge in [0.15, 0.2) is 5.41 Å². The lowest BCUT2D eigenvalue weighted by molar-refractivity contribution is -0.171. The zero-order valence-corrected chi connectivity index (χ0v) is 11.9. The molecular formula is C15H22O4. The van der Waals surface area contributed by atoms with Gasteiger partial charge in [-0.3, -0.25) is 9.59 Å². The zero-order chi connectivity index (χ0) is 14.3. The quantitative estimate of drug-likeness (QED) is 0.548. The van der Waals surface area contributed by atoms with E-state index < -0.39 is 17.4 Å². The maximum absolute atomic E-state index is 12.1. The molecule has 0 unspecified atom stereocenters. The van der Waals surface area contributed by atoms with Crippen LogP contribution < -0.4 is 0 Å². The highest BCUT2D eigenvalue weighted by Crippen LogP contribution is 2.40. The summed E-state index contributed by atoms with van der Waals surface area (Å²) in [5.74, 6) is -0.964. The molecule has 1 aliphatic carbocycles. The molecule has 4 heteroatoms. The summed E-state index contributed by atoms with van der Waals surface area (Å²) in [6.07, 6.45) is 7.52. The molecule has 0 bridgehead atoms. The molecule has 0 atom stereocenters. The molecule has 0 spiro atoms. The van der Waals surface area contributed by atoms with Gasteiger partial charge >= 0.3 is 11.9 Å². The summed E-state index contributed by atoms with van der Waals surface area (Å²) in [5.41, 5.74) is -0.192. The minimum Gasteiger partial charge on any atom is -0.465 e. The van der Waals surface area contributed by atoms with E-state index in [4.69, 9.17) is 9.47 Å². The predicted octanol–water partition coefficient (Wildman–Crippen LogP) is 2.79. The first-order valence-corrected chi connectivity index (χ1v) is 6.80. The normalized spacial score (nSPS) is 17.3. The van der Waals surface area contributed by atoms with E-state index in [-0.39, 0.29) is 13.2 Å². The van der Waals surface area contributed by atoms with E-state index in [9.17, 15) is 9.59 Å². The molecule has 0 aliphatic heterocycles. The molecule has 19 heavy (non-hydrogen) atoms. The van der Waals surface area contributed by atoms with E-state index >= 15 is 0 Å². The third kappa shape index (κ3) is 3.46. The zero-order valence-electron chi connectivity index (χ0n) is 11.9. The highest BCUT2D eigenvalue weighted by Gasteiger charge is 2.50. The van der Waals surface area contributed by atoms with Crippen molar-refractivity contribution >= 4 is 11.9 Å². The van der Waals surface area contributed by atoms with Gasteiger partial charge in [0.25, 0.3) is 0 Å². The Morgan fingerprint density at radius 2 is 1.79 bits per heavy atom.